The second-order valence-corrected chi connectivity index (χ2v) is 4.12. The van der Waals surface area contributed by atoms with Gasteiger partial charge in [0.05, 0.1) is 6.61 Å². The molecular weight excluding hydrogens is 204 g/mol. The van der Waals surface area contributed by atoms with E-state index >= 15 is 0 Å². The van der Waals surface area contributed by atoms with Gasteiger partial charge in [-0.2, -0.15) is 0 Å². The molecule has 0 rings (SSSR count). The van der Waals surface area contributed by atoms with Gasteiger partial charge in [0.2, 0.25) is 0 Å². The molecule has 0 aliphatic heterocycles. The number of hydrogen-bond acceptors (Lipinski definition) is 4. The van der Waals surface area contributed by atoms with Crippen LogP contribution < -0.4 is 11.5 Å². The highest BCUT2D eigenvalue weighted by atomic mass is 16.5. The summed E-state index contributed by atoms with van der Waals surface area (Å²) >= 11 is 0. The highest BCUT2D eigenvalue weighted by Gasteiger charge is 2.13. The zero-order chi connectivity index (χ0) is 12.2. The molecule has 4 nitrogen and oxygen atoms in total. The van der Waals surface area contributed by atoms with Crippen molar-refractivity contribution in [1.82, 2.24) is 0 Å². The lowest BCUT2D eigenvalue weighted by Gasteiger charge is -2.10. The highest BCUT2D eigenvalue weighted by molar-refractivity contribution is 5.75. The lowest BCUT2D eigenvalue weighted by atomic mass is 10.1. The molecule has 0 amide bonds. The topological polar surface area (TPSA) is 78.3 Å². The van der Waals surface area contributed by atoms with Crippen molar-refractivity contribution in [3.05, 3.63) is 0 Å². The number of carbonyl (C=O) groups is 1. The molecule has 1 atom stereocenters. The third-order valence-electron chi connectivity index (χ3n) is 2.51. The first kappa shape index (κ1) is 15.4. The maximum absolute atomic E-state index is 11.3. The average Bonchev–Trinajstić information content (AvgIpc) is 2.30. The van der Waals surface area contributed by atoms with E-state index in [0.29, 0.717) is 19.6 Å². The summed E-state index contributed by atoms with van der Waals surface area (Å²) in [5.41, 5.74) is 11.0. The second kappa shape index (κ2) is 10.9. The van der Waals surface area contributed by atoms with Crippen LogP contribution in [0.25, 0.3) is 0 Å². The number of unbranched alkanes of at least 4 members (excludes halogenated alkanes) is 4. The van der Waals surface area contributed by atoms with Crippen LogP contribution in [-0.4, -0.2) is 25.2 Å². The third-order valence-corrected chi connectivity index (χ3v) is 2.51. The van der Waals surface area contributed by atoms with Crippen LogP contribution >= 0.6 is 0 Å². The standard InChI is InChI=1S/C12H26N2O2/c1-2-3-4-5-6-10-16-12(15)11(14)8-7-9-13/h11H,2-10,13-14H2,1H3/t11-/m1/s1. The van der Waals surface area contributed by atoms with Crippen LogP contribution in [0.4, 0.5) is 0 Å². The van der Waals surface area contributed by atoms with Crippen LogP contribution in [0.5, 0.6) is 0 Å². The smallest absolute Gasteiger partial charge is 0.322 e. The van der Waals surface area contributed by atoms with Gasteiger partial charge in [0.15, 0.2) is 0 Å². The van der Waals surface area contributed by atoms with Crippen molar-refractivity contribution in [2.75, 3.05) is 13.2 Å². The Morgan fingerprint density at radius 3 is 2.50 bits per heavy atom. The maximum atomic E-state index is 11.3. The van der Waals surface area contributed by atoms with Crippen LogP contribution in [0.2, 0.25) is 0 Å². The summed E-state index contributed by atoms with van der Waals surface area (Å²) in [6.07, 6.45) is 7.15. The molecule has 0 aromatic rings. The Labute approximate surface area is 98.7 Å². The molecule has 0 heterocycles. The van der Waals surface area contributed by atoms with E-state index < -0.39 is 6.04 Å². The van der Waals surface area contributed by atoms with E-state index in [1.165, 1.54) is 19.3 Å². The van der Waals surface area contributed by atoms with Crippen LogP contribution in [0.3, 0.4) is 0 Å². The van der Waals surface area contributed by atoms with Gasteiger partial charge in [0, 0.05) is 0 Å². The van der Waals surface area contributed by atoms with Crippen LogP contribution in [0.15, 0.2) is 0 Å². The molecule has 16 heavy (non-hydrogen) atoms. The van der Waals surface area contributed by atoms with Crippen molar-refractivity contribution in [3.63, 3.8) is 0 Å². The molecule has 0 fully saturated rings. The molecule has 0 aliphatic rings. The zero-order valence-electron chi connectivity index (χ0n) is 10.4. The van der Waals surface area contributed by atoms with Gasteiger partial charge in [-0.3, -0.25) is 4.79 Å². The molecule has 0 radical (unpaired) electrons. The van der Waals surface area contributed by atoms with E-state index in [0.717, 1.165) is 19.3 Å². The first-order valence-electron chi connectivity index (χ1n) is 6.34. The normalized spacial score (nSPS) is 12.4. The van der Waals surface area contributed by atoms with Gasteiger partial charge in [-0.25, -0.2) is 0 Å². The van der Waals surface area contributed by atoms with Crippen molar-refractivity contribution >= 4 is 5.97 Å². The van der Waals surface area contributed by atoms with Crippen molar-refractivity contribution in [3.8, 4) is 0 Å². The van der Waals surface area contributed by atoms with Gasteiger partial charge < -0.3 is 16.2 Å². The molecule has 0 saturated heterocycles. The molecule has 4 heteroatoms. The van der Waals surface area contributed by atoms with E-state index in [4.69, 9.17) is 16.2 Å². The molecule has 0 unspecified atom stereocenters. The Kier molecular flexibility index (Phi) is 10.5. The summed E-state index contributed by atoms with van der Waals surface area (Å²) in [6, 6.07) is -0.501. The van der Waals surface area contributed by atoms with E-state index in [-0.39, 0.29) is 5.97 Å². The second-order valence-electron chi connectivity index (χ2n) is 4.12. The Morgan fingerprint density at radius 1 is 1.19 bits per heavy atom. The fourth-order valence-corrected chi connectivity index (χ4v) is 1.44. The molecule has 0 bridgehead atoms. The van der Waals surface area contributed by atoms with Crippen LogP contribution in [0, 0.1) is 0 Å². The predicted molar refractivity (Wildman–Crippen MR) is 66.0 cm³/mol. The minimum absolute atomic E-state index is 0.288. The summed E-state index contributed by atoms with van der Waals surface area (Å²) in [7, 11) is 0. The summed E-state index contributed by atoms with van der Waals surface area (Å²) in [5.74, 6) is -0.288. The Morgan fingerprint density at radius 2 is 1.88 bits per heavy atom. The van der Waals surface area contributed by atoms with Crippen molar-refractivity contribution in [2.24, 2.45) is 11.5 Å². The fourth-order valence-electron chi connectivity index (χ4n) is 1.44. The SMILES string of the molecule is CCCCCCCOC(=O)[C@H](N)CCCN. The lowest BCUT2D eigenvalue weighted by Crippen LogP contribution is -2.33. The molecule has 0 spiro atoms. The average molecular weight is 230 g/mol. The number of ether oxygens (including phenoxy) is 1. The fraction of sp³-hybridized carbons (Fsp3) is 0.917. The number of rotatable bonds is 10. The van der Waals surface area contributed by atoms with Crippen LogP contribution in [0.1, 0.15) is 51.9 Å². The van der Waals surface area contributed by atoms with Gasteiger partial charge in [-0.15, -0.1) is 0 Å². The summed E-state index contributed by atoms with van der Waals surface area (Å²) in [4.78, 5) is 11.3. The van der Waals surface area contributed by atoms with Crippen molar-refractivity contribution in [1.29, 1.82) is 0 Å². The molecule has 4 N–H and O–H groups in total. The van der Waals surface area contributed by atoms with Gasteiger partial charge in [-0.1, -0.05) is 32.6 Å². The van der Waals surface area contributed by atoms with E-state index in [9.17, 15) is 4.79 Å². The Hall–Kier alpha value is -0.610. The molecule has 0 aromatic heterocycles. The predicted octanol–water partition coefficient (Wildman–Crippen LogP) is 1.57. The number of esters is 1. The summed E-state index contributed by atoms with van der Waals surface area (Å²) in [6.45, 7) is 3.24. The van der Waals surface area contributed by atoms with Gasteiger partial charge in [-0.05, 0) is 25.8 Å². The highest BCUT2D eigenvalue weighted by Crippen LogP contribution is 2.03. The van der Waals surface area contributed by atoms with Gasteiger partial charge in [0.1, 0.15) is 6.04 Å². The Bertz CT molecular complexity index is 174. The monoisotopic (exact) mass is 230 g/mol. The van der Waals surface area contributed by atoms with Gasteiger partial charge in [0.25, 0.3) is 0 Å². The summed E-state index contributed by atoms with van der Waals surface area (Å²) < 4.78 is 5.08. The molecular formula is C12H26N2O2. The van der Waals surface area contributed by atoms with Crippen molar-refractivity contribution in [2.45, 2.75) is 57.9 Å². The molecule has 96 valence electrons. The van der Waals surface area contributed by atoms with E-state index in [1.54, 1.807) is 0 Å². The Balaban J connectivity index is 3.35. The minimum Gasteiger partial charge on any atom is -0.465 e. The first-order valence-corrected chi connectivity index (χ1v) is 6.34. The van der Waals surface area contributed by atoms with Gasteiger partial charge >= 0.3 is 5.97 Å². The lowest BCUT2D eigenvalue weighted by molar-refractivity contribution is -0.145. The van der Waals surface area contributed by atoms with E-state index in [1.807, 2.05) is 0 Å². The first-order chi connectivity index (χ1) is 7.72. The van der Waals surface area contributed by atoms with Crippen LogP contribution in [-0.2, 0) is 9.53 Å². The number of carbonyl (C=O) groups excluding carboxylic acids is 1. The number of nitrogens with two attached hydrogens (primary N) is 2. The molecule has 0 aromatic carbocycles. The van der Waals surface area contributed by atoms with E-state index in [2.05, 4.69) is 6.92 Å². The van der Waals surface area contributed by atoms with Crippen molar-refractivity contribution < 1.29 is 9.53 Å². The minimum atomic E-state index is -0.501. The quantitative estimate of drug-likeness (QED) is 0.441. The molecule has 0 aliphatic carbocycles. The number of hydrogen-bond donors (Lipinski definition) is 2. The largest absolute Gasteiger partial charge is 0.465 e. The summed E-state index contributed by atoms with van der Waals surface area (Å²) in [5, 5.41) is 0. The maximum Gasteiger partial charge on any atom is 0.322 e. The molecule has 0 saturated carbocycles. The zero-order valence-corrected chi connectivity index (χ0v) is 10.4. The third kappa shape index (κ3) is 8.68.